The molecule has 1 atom stereocenters. The number of nitrogens with one attached hydrogen (secondary N) is 1. The molecule has 4 nitrogen and oxygen atoms in total. The first-order valence-corrected chi connectivity index (χ1v) is 9.02. The monoisotopic (exact) mass is 351 g/mol. The van der Waals surface area contributed by atoms with E-state index in [4.69, 9.17) is 9.84 Å². The van der Waals surface area contributed by atoms with Crippen molar-refractivity contribution < 1.29 is 9.13 Å². The Labute approximate surface area is 152 Å². The fourth-order valence-corrected chi connectivity index (χ4v) is 3.28. The molecule has 2 aromatic carbocycles. The molecule has 3 aromatic rings. The highest BCUT2D eigenvalue weighted by atomic mass is 19.1. The van der Waals surface area contributed by atoms with Crippen molar-refractivity contribution in [1.82, 2.24) is 15.1 Å². The molecule has 134 valence electrons. The molecule has 0 saturated carbocycles. The molecule has 0 aliphatic carbocycles. The Bertz CT molecular complexity index is 839. The second kappa shape index (κ2) is 7.81. The third kappa shape index (κ3) is 3.84. The van der Waals surface area contributed by atoms with Gasteiger partial charge in [0.1, 0.15) is 5.82 Å². The van der Waals surface area contributed by atoms with Gasteiger partial charge >= 0.3 is 0 Å². The van der Waals surface area contributed by atoms with E-state index in [9.17, 15) is 4.39 Å². The van der Waals surface area contributed by atoms with Gasteiger partial charge in [-0.15, -0.1) is 0 Å². The first-order valence-electron chi connectivity index (χ1n) is 9.02. The van der Waals surface area contributed by atoms with Crippen LogP contribution in [-0.4, -0.2) is 29.0 Å². The minimum absolute atomic E-state index is 0.241. The maximum absolute atomic E-state index is 13.3. The van der Waals surface area contributed by atoms with Gasteiger partial charge in [-0.25, -0.2) is 9.07 Å². The molecule has 0 radical (unpaired) electrons. The second-order valence-corrected chi connectivity index (χ2v) is 6.56. The molecule has 1 unspecified atom stereocenters. The smallest absolute Gasteiger partial charge is 0.123 e. The van der Waals surface area contributed by atoms with Gasteiger partial charge in [-0.1, -0.05) is 18.2 Å². The van der Waals surface area contributed by atoms with Crippen LogP contribution in [0.2, 0.25) is 0 Å². The van der Waals surface area contributed by atoms with E-state index >= 15 is 0 Å². The van der Waals surface area contributed by atoms with Gasteiger partial charge in [0.2, 0.25) is 0 Å². The predicted molar refractivity (Wildman–Crippen MR) is 99.6 cm³/mol. The average molecular weight is 351 g/mol. The van der Waals surface area contributed by atoms with E-state index in [0.717, 1.165) is 48.5 Å². The lowest BCUT2D eigenvalue weighted by molar-refractivity contribution is 0.110. The number of benzene rings is 2. The highest BCUT2D eigenvalue weighted by molar-refractivity contribution is 5.63. The number of nitrogens with zero attached hydrogens (tertiary/aromatic N) is 2. The van der Waals surface area contributed by atoms with E-state index in [-0.39, 0.29) is 5.82 Å². The van der Waals surface area contributed by atoms with Crippen LogP contribution in [0.1, 0.15) is 18.4 Å². The molecular formula is C21H22FN3O. The molecule has 0 spiro atoms. The first kappa shape index (κ1) is 16.9. The van der Waals surface area contributed by atoms with Gasteiger partial charge in [-0.05, 0) is 49.2 Å². The Kier molecular flexibility index (Phi) is 5.09. The summed E-state index contributed by atoms with van der Waals surface area (Å²) >= 11 is 0. The number of para-hydroxylation sites is 1. The minimum atomic E-state index is -0.241. The lowest BCUT2D eigenvalue weighted by atomic mass is 10.1. The number of halogens is 1. The maximum Gasteiger partial charge on any atom is 0.123 e. The number of aromatic nitrogens is 2. The van der Waals surface area contributed by atoms with Gasteiger partial charge in [0.15, 0.2) is 0 Å². The predicted octanol–water partition coefficient (Wildman–Crippen LogP) is 3.95. The van der Waals surface area contributed by atoms with E-state index in [1.165, 1.54) is 12.1 Å². The summed E-state index contributed by atoms with van der Waals surface area (Å²) in [5.41, 5.74) is 3.86. The molecule has 1 aliphatic rings. The Morgan fingerprint density at radius 3 is 2.65 bits per heavy atom. The van der Waals surface area contributed by atoms with Gasteiger partial charge in [-0.3, -0.25) is 0 Å². The molecule has 1 fully saturated rings. The van der Waals surface area contributed by atoms with Crippen LogP contribution in [0.15, 0.2) is 60.8 Å². The molecule has 5 heteroatoms. The van der Waals surface area contributed by atoms with E-state index in [1.54, 1.807) is 12.1 Å². The zero-order valence-corrected chi connectivity index (χ0v) is 14.6. The molecule has 26 heavy (non-hydrogen) atoms. The average Bonchev–Trinajstić information content (AvgIpc) is 3.33. The Hall–Kier alpha value is -2.50. The van der Waals surface area contributed by atoms with E-state index in [2.05, 4.69) is 5.32 Å². The van der Waals surface area contributed by atoms with Crippen molar-refractivity contribution in [2.75, 3.05) is 13.2 Å². The van der Waals surface area contributed by atoms with E-state index < -0.39 is 0 Å². The number of ether oxygens (including phenoxy) is 1. The van der Waals surface area contributed by atoms with Crippen LogP contribution < -0.4 is 5.32 Å². The SMILES string of the molecule is Fc1ccc(-c2nn(-c3ccccc3)cc2CNCC2CCCO2)cc1. The highest BCUT2D eigenvalue weighted by Gasteiger charge is 2.16. The van der Waals surface area contributed by atoms with Gasteiger partial charge in [0, 0.05) is 37.0 Å². The summed E-state index contributed by atoms with van der Waals surface area (Å²) in [5.74, 6) is -0.241. The molecule has 2 heterocycles. The normalized spacial score (nSPS) is 16.9. The molecule has 0 bridgehead atoms. The molecule has 1 N–H and O–H groups in total. The maximum atomic E-state index is 13.3. The summed E-state index contributed by atoms with van der Waals surface area (Å²) in [5, 5.41) is 8.23. The van der Waals surface area contributed by atoms with Crippen molar-refractivity contribution in [1.29, 1.82) is 0 Å². The zero-order valence-electron chi connectivity index (χ0n) is 14.6. The van der Waals surface area contributed by atoms with Crippen molar-refractivity contribution in [2.24, 2.45) is 0 Å². The highest BCUT2D eigenvalue weighted by Crippen LogP contribution is 2.24. The fraction of sp³-hybridized carbons (Fsp3) is 0.286. The van der Waals surface area contributed by atoms with Crippen molar-refractivity contribution in [3.8, 4) is 16.9 Å². The van der Waals surface area contributed by atoms with Gasteiger partial charge in [-0.2, -0.15) is 5.10 Å². The number of rotatable bonds is 6. The van der Waals surface area contributed by atoms with Crippen molar-refractivity contribution in [3.63, 3.8) is 0 Å². The van der Waals surface area contributed by atoms with Crippen LogP contribution in [0.4, 0.5) is 4.39 Å². The molecule has 1 saturated heterocycles. The summed E-state index contributed by atoms with van der Waals surface area (Å²) < 4.78 is 20.8. The minimum Gasteiger partial charge on any atom is -0.377 e. The topological polar surface area (TPSA) is 39.1 Å². The van der Waals surface area contributed by atoms with Crippen molar-refractivity contribution in [3.05, 3.63) is 72.2 Å². The summed E-state index contributed by atoms with van der Waals surface area (Å²) in [6.45, 7) is 2.39. The third-order valence-corrected chi connectivity index (χ3v) is 4.64. The Balaban J connectivity index is 1.59. The number of hydrogen-bond donors (Lipinski definition) is 1. The summed E-state index contributed by atoms with van der Waals surface area (Å²) in [6.07, 6.45) is 4.59. The Morgan fingerprint density at radius 2 is 1.92 bits per heavy atom. The number of hydrogen-bond acceptors (Lipinski definition) is 3. The van der Waals surface area contributed by atoms with Crippen molar-refractivity contribution in [2.45, 2.75) is 25.5 Å². The quantitative estimate of drug-likeness (QED) is 0.731. The molecule has 4 rings (SSSR count). The largest absolute Gasteiger partial charge is 0.377 e. The lowest BCUT2D eigenvalue weighted by Crippen LogP contribution is -2.25. The molecule has 0 amide bonds. The molecular weight excluding hydrogens is 329 g/mol. The van der Waals surface area contributed by atoms with Crippen LogP contribution in [-0.2, 0) is 11.3 Å². The van der Waals surface area contributed by atoms with Gasteiger partial charge < -0.3 is 10.1 Å². The van der Waals surface area contributed by atoms with E-state index in [0.29, 0.717) is 12.6 Å². The standard InChI is InChI=1S/C21H22FN3O/c22-18-10-8-16(9-11-18)21-17(13-23-14-20-7-4-12-26-20)15-25(24-21)19-5-2-1-3-6-19/h1-3,5-6,8-11,15,20,23H,4,7,12-14H2. The van der Waals surface area contributed by atoms with Crippen LogP contribution in [0.5, 0.6) is 0 Å². The van der Waals surface area contributed by atoms with Gasteiger partial charge in [0.05, 0.1) is 17.5 Å². The molecule has 1 aliphatic heterocycles. The first-order chi connectivity index (χ1) is 12.8. The van der Waals surface area contributed by atoms with Crippen molar-refractivity contribution >= 4 is 0 Å². The van der Waals surface area contributed by atoms with Crippen LogP contribution in [0.3, 0.4) is 0 Å². The van der Waals surface area contributed by atoms with Crippen LogP contribution in [0.25, 0.3) is 16.9 Å². The fourth-order valence-electron chi connectivity index (χ4n) is 3.28. The lowest BCUT2D eigenvalue weighted by Gasteiger charge is -2.10. The molecule has 1 aromatic heterocycles. The van der Waals surface area contributed by atoms with Crippen LogP contribution >= 0.6 is 0 Å². The summed E-state index contributed by atoms with van der Waals surface area (Å²) in [7, 11) is 0. The second-order valence-electron chi connectivity index (χ2n) is 6.56. The Morgan fingerprint density at radius 1 is 1.12 bits per heavy atom. The summed E-state index contributed by atoms with van der Waals surface area (Å²) in [6, 6.07) is 16.5. The summed E-state index contributed by atoms with van der Waals surface area (Å²) in [4.78, 5) is 0. The third-order valence-electron chi connectivity index (χ3n) is 4.64. The zero-order chi connectivity index (χ0) is 17.8. The van der Waals surface area contributed by atoms with E-state index in [1.807, 2.05) is 41.2 Å². The van der Waals surface area contributed by atoms with Gasteiger partial charge in [0.25, 0.3) is 0 Å². The van der Waals surface area contributed by atoms with Crippen LogP contribution in [0, 0.1) is 5.82 Å².